The molecule has 0 saturated carbocycles. The van der Waals surface area contributed by atoms with Crippen LogP contribution in [0.5, 0.6) is 0 Å². The number of halogens is 1. The average Bonchev–Trinajstić information content (AvgIpc) is 3.21. The second kappa shape index (κ2) is 6.68. The molecule has 1 aliphatic rings. The lowest BCUT2D eigenvalue weighted by atomic mass is 10.1. The number of aromatic nitrogens is 3. The van der Waals surface area contributed by atoms with E-state index < -0.39 is 0 Å². The summed E-state index contributed by atoms with van der Waals surface area (Å²) in [4.78, 5) is 18.8. The molecule has 3 rings (SSSR count). The van der Waals surface area contributed by atoms with Crippen LogP contribution in [0.3, 0.4) is 0 Å². The van der Waals surface area contributed by atoms with Crippen molar-refractivity contribution in [2.75, 3.05) is 19.6 Å². The summed E-state index contributed by atoms with van der Waals surface area (Å²) >= 11 is 0. The third kappa shape index (κ3) is 3.17. The number of carbonyl (C=O) groups excluding carboxylic acids is 1. The highest BCUT2D eigenvalue weighted by molar-refractivity contribution is 5.90. The summed E-state index contributed by atoms with van der Waals surface area (Å²) in [5, 5.41) is 4.35. The second-order valence-electron chi connectivity index (χ2n) is 6.48. The first-order valence-electron chi connectivity index (χ1n) is 8.21. The number of benzene rings is 1. The number of nitrogens with two attached hydrogens (primary N) is 1. The Hall–Kier alpha value is -2.28. The maximum Gasteiger partial charge on any atom is 0.293 e. The minimum atomic E-state index is -0.351. The number of nitrogens with zero attached hydrogens (tertiary/aromatic N) is 4. The smallest absolute Gasteiger partial charge is 0.293 e. The Morgan fingerprint density at radius 2 is 2.25 bits per heavy atom. The Balaban J connectivity index is 1.93. The molecule has 24 heavy (non-hydrogen) atoms. The van der Waals surface area contributed by atoms with Crippen molar-refractivity contribution in [3.63, 3.8) is 0 Å². The minimum absolute atomic E-state index is 0.0534. The third-order valence-corrected chi connectivity index (χ3v) is 4.30. The largest absolute Gasteiger partial charge is 0.336 e. The zero-order valence-corrected chi connectivity index (χ0v) is 13.9. The fraction of sp³-hybridized carbons (Fsp3) is 0.471. The molecule has 1 aromatic carbocycles. The van der Waals surface area contributed by atoms with Gasteiger partial charge in [-0.2, -0.15) is 0 Å². The second-order valence-corrected chi connectivity index (χ2v) is 6.48. The van der Waals surface area contributed by atoms with Gasteiger partial charge in [0.2, 0.25) is 5.82 Å². The molecule has 0 bridgehead atoms. The molecule has 1 aromatic heterocycles. The summed E-state index contributed by atoms with van der Waals surface area (Å²) in [6, 6.07) is 6.12. The summed E-state index contributed by atoms with van der Waals surface area (Å²) < 4.78 is 15.1. The van der Waals surface area contributed by atoms with Gasteiger partial charge in [0.25, 0.3) is 5.91 Å². The maximum absolute atomic E-state index is 13.5. The van der Waals surface area contributed by atoms with Gasteiger partial charge in [-0.3, -0.25) is 4.79 Å². The van der Waals surface area contributed by atoms with Crippen LogP contribution in [-0.4, -0.2) is 45.2 Å². The molecule has 1 amide bonds. The van der Waals surface area contributed by atoms with Gasteiger partial charge in [-0.25, -0.2) is 14.1 Å². The first-order chi connectivity index (χ1) is 11.5. The topological polar surface area (TPSA) is 77.0 Å². The van der Waals surface area contributed by atoms with Crippen LogP contribution in [0.2, 0.25) is 0 Å². The van der Waals surface area contributed by atoms with Gasteiger partial charge in [-0.15, -0.1) is 5.10 Å². The number of likely N-dealkylation sites (tertiary alicyclic amines) is 1. The van der Waals surface area contributed by atoms with E-state index in [0.29, 0.717) is 37.1 Å². The summed E-state index contributed by atoms with van der Waals surface area (Å²) in [7, 11) is 0. The van der Waals surface area contributed by atoms with Gasteiger partial charge in [-0.1, -0.05) is 19.9 Å². The lowest BCUT2D eigenvalue weighted by Crippen LogP contribution is -2.30. The van der Waals surface area contributed by atoms with E-state index in [-0.39, 0.29) is 23.5 Å². The number of rotatable bonds is 4. The van der Waals surface area contributed by atoms with Gasteiger partial charge in [0.05, 0.1) is 5.69 Å². The highest BCUT2D eigenvalue weighted by Crippen LogP contribution is 2.21. The molecule has 1 aliphatic heterocycles. The summed E-state index contributed by atoms with van der Waals surface area (Å²) in [5.74, 6) is 0.639. The fourth-order valence-corrected chi connectivity index (χ4v) is 2.94. The molecule has 2 heterocycles. The summed E-state index contributed by atoms with van der Waals surface area (Å²) in [5.41, 5.74) is 6.25. The third-order valence-electron chi connectivity index (χ3n) is 4.30. The van der Waals surface area contributed by atoms with E-state index in [2.05, 4.69) is 10.1 Å². The fourth-order valence-electron chi connectivity index (χ4n) is 2.94. The molecule has 128 valence electrons. The SMILES string of the molecule is CC(C)c1nc(C(=O)N2CCC(CN)C2)nn1-c1cccc(F)c1. The van der Waals surface area contributed by atoms with Crippen molar-refractivity contribution in [1.82, 2.24) is 19.7 Å². The van der Waals surface area contributed by atoms with E-state index in [0.717, 1.165) is 6.42 Å². The molecule has 0 radical (unpaired) electrons. The van der Waals surface area contributed by atoms with Gasteiger partial charge in [0.15, 0.2) is 0 Å². The van der Waals surface area contributed by atoms with Gasteiger partial charge in [0, 0.05) is 19.0 Å². The number of carbonyl (C=O) groups is 1. The van der Waals surface area contributed by atoms with Gasteiger partial charge in [-0.05, 0) is 37.1 Å². The predicted octanol–water partition coefficient (Wildman–Crippen LogP) is 1.95. The van der Waals surface area contributed by atoms with E-state index in [4.69, 9.17) is 5.73 Å². The summed E-state index contributed by atoms with van der Waals surface area (Å²) in [6.07, 6.45) is 0.907. The van der Waals surface area contributed by atoms with Crippen LogP contribution in [-0.2, 0) is 0 Å². The number of hydrogen-bond acceptors (Lipinski definition) is 4. The monoisotopic (exact) mass is 331 g/mol. The van der Waals surface area contributed by atoms with Crippen molar-refractivity contribution in [2.45, 2.75) is 26.2 Å². The summed E-state index contributed by atoms with van der Waals surface area (Å²) in [6.45, 7) is 5.82. The van der Waals surface area contributed by atoms with Crippen LogP contribution in [0, 0.1) is 11.7 Å². The number of amides is 1. The molecule has 1 fully saturated rings. The molecule has 2 aromatic rings. The Kier molecular flexibility index (Phi) is 4.62. The molecule has 2 N–H and O–H groups in total. The molecule has 1 atom stereocenters. The van der Waals surface area contributed by atoms with Crippen LogP contribution in [0.25, 0.3) is 5.69 Å². The van der Waals surface area contributed by atoms with Crippen LogP contribution in [0.4, 0.5) is 4.39 Å². The molecule has 1 unspecified atom stereocenters. The Morgan fingerprint density at radius 3 is 2.88 bits per heavy atom. The molecule has 7 heteroatoms. The normalized spacial score (nSPS) is 17.7. The molecule has 0 spiro atoms. The van der Waals surface area contributed by atoms with E-state index >= 15 is 0 Å². The first-order valence-corrected chi connectivity index (χ1v) is 8.21. The van der Waals surface area contributed by atoms with E-state index in [1.54, 1.807) is 21.7 Å². The van der Waals surface area contributed by atoms with Gasteiger partial charge >= 0.3 is 0 Å². The highest BCUT2D eigenvalue weighted by Gasteiger charge is 2.29. The van der Waals surface area contributed by atoms with Crippen LogP contribution >= 0.6 is 0 Å². The van der Waals surface area contributed by atoms with Crippen molar-refractivity contribution in [2.24, 2.45) is 11.7 Å². The van der Waals surface area contributed by atoms with Crippen LogP contribution in [0.15, 0.2) is 24.3 Å². The Morgan fingerprint density at radius 1 is 1.46 bits per heavy atom. The van der Waals surface area contributed by atoms with Crippen LogP contribution in [0.1, 0.15) is 42.6 Å². The Labute approximate surface area is 140 Å². The zero-order valence-electron chi connectivity index (χ0n) is 13.9. The van der Waals surface area contributed by atoms with Gasteiger partial charge < -0.3 is 10.6 Å². The molecule has 6 nitrogen and oxygen atoms in total. The Bertz CT molecular complexity index is 742. The molecule has 1 saturated heterocycles. The molecular weight excluding hydrogens is 309 g/mol. The van der Waals surface area contributed by atoms with E-state index in [9.17, 15) is 9.18 Å². The zero-order chi connectivity index (χ0) is 17.3. The lowest BCUT2D eigenvalue weighted by Gasteiger charge is -2.13. The van der Waals surface area contributed by atoms with Crippen molar-refractivity contribution in [3.05, 3.63) is 41.7 Å². The molecule has 0 aliphatic carbocycles. The highest BCUT2D eigenvalue weighted by atomic mass is 19.1. The van der Waals surface area contributed by atoms with Gasteiger partial charge in [0.1, 0.15) is 11.6 Å². The van der Waals surface area contributed by atoms with Crippen LogP contribution < -0.4 is 5.73 Å². The quantitative estimate of drug-likeness (QED) is 0.929. The van der Waals surface area contributed by atoms with Crippen molar-refractivity contribution >= 4 is 5.91 Å². The van der Waals surface area contributed by atoms with E-state index in [1.807, 2.05) is 13.8 Å². The van der Waals surface area contributed by atoms with Crippen molar-refractivity contribution in [3.8, 4) is 5.69 Å². The maximum atomic E-state index is 13.5. The first kappa shape index (κ1) is 16.6. The lowest BCUT2D eigenvalue weighted by molar-refractivity contribution is 0.0775. The number of hydrogen-bond donors (Lipinski definition) is 1. The minimum Gasteiger partial charge on any atom is -0.336 e. The standard InChI is InChI=1S/C17H22FN5O/c1-11(2)16-20-15(17(24)22-7-6-12(9-19)10-22)21-23(16)14-5-3-4-13(18)8-14/h3-5,8,11-12H,6-7,9-10,19H2,1-2H3. The predicted molar refractivity (Wildman–Crippen MR) is 88.5 cm³/mol. The van der Waals surface area contributed by atoms with E-state index in [1.165, 1.54) is 12.1 Å². The van der Waals surface area contributed by atoms with Crippen molar-refractivity contribution < 1.29 is 9.18 Å². The molecular formula is C17H22FN5O. The average molecular weight is 331 g/mol. The van der Waals surface area contributed by atoms with Crippen molar-refractivity contribution in [1.29, 1.82) is 0 Å².